The van der Waals surface area contributed by atoms with Gasteiger partial charge in [0.25, 0.3) is 5.91 Å². The van der Waals surface area contributed by atoms with Crippen molar-refractivity contribution in [3.63, 3.8) is 0 Å². The number of alkyl halides is 2. The lowest BCUT2D eigenvalue weighted by Crippen LogP contribution is -2.65. The number of amides is 5. The van der Waals surface area contributed by atoms with Gasteiger partial charge in [-0.05, 0) is 43.9 Å². The second kappa shape index (κ2) is 14.4. The van der Waals surface area contributed by atoms with Crippen LogP contribution in [-0.4, -0.2) is 94.9 Å². The average molecular weight is 721 g/mol. The molecular formula is C32H51Cl2N5O7S. The molecule has 0 aromatic heterocycles. The van der Waals surface area contributed by atoms with Gasteiger partial charge in [0.05, 0.1) is 22.6 Å². The number of sulfone groups is 1. The highest BCUT2D eigenvalue weighted by Crippen LogP contribution is 2.65. The van der Waals surface area contributed by atoms with E-state index in [1.54, 1.807) is 20.8 Å². The van der Waals surface area contributed by atoms with Gasteiger partial charge in [-0.2, -0.15) is 0 Å². The van der Waals surface area contributed by atoms with Crippen LogP contribution in [-0.2, 0) is 29.0 Å². The summed E-state index contributed by atoms with van der Waals surface area (Å²) in [6.45, 7) is 9.44. The molecule has 4 N–H and O–H groups in total. The van der Waals surface area contributed by atoms with E-state index in [9.17, 15) is 32.4 Å². The van der Waals surface area contributed by atoms with Crippen molar-refractivity contribution in [3.05, 3.63) is 0 Å². The van der Waals surface area contributed by atoms with Crippen molar-refractivity contribution in [2.24, 2.45) is 17.3 Å². The quantitative estimate of drug-likeness (QED) is 0.177. The maximum absolute atomic E-state index is 14.3. The number of Topliss-reactive ketones (excluding diaryl/α,β-unsaturated/α-hetero) is 1. The van der Waals surface area contributed by atoms with E-state index in [0.717, 1.165) is 19.3 Å². The highest BCUT2D eigenvalue weighted by molar-refractivity contribution is 7.92. The summed E-state index contributed by atoms with van der Waals surface area (Å²) in [5.41, 5.74) is -1.72. The Morgan fingerprint density at radius 2 is 1.62 bits per heavy atom. The number of urea groups is 1. The summed E-state index contributed by atoms with van der Waals surface area (Å²) in [6, 6.07) is -3.95. The smallest absolute Gasteiger partial charge is 0.315 e. The number of halogens is 2. The minimum Gasteiger partial charge on any atom is -0.349 e. The van der Waals surface area contributed by atoms with Crippen LogP contribution in [0.4, 0.5) is 4.79 Å². The third kappa shape index (κ3) is 7.87. The van der Waals surface area contributed by atoms with Crippen molar-refractivity contribution in [1.82, 2.24) is 26.2 Å². The SMILES string of the molecule is CCCNC(=O)C(=O)[C@H](CCC)NC(=O)[C@@H]1[C@@H]2[C@H](CN1C(=O)[C@@H](NC(=O)NC1([C@@H]3CCCS3(=O)=O)CCCCC1)C(C)(C)C)C2(Cl)Cl. The van der Waals surface area contributed by atoms with Gasteiger partial charge in [0, 0.05) is 24.9 Å². The first-order valence-corrected chi connectivity index (χ1v) is 19.5. The number of piperidine rings is 1. The Hall–Kier alpha value is -2.12. The first-order valence-electron chi connectivity index (χ1n) is 17.0. The predicted molar refractivity (Wildman–Crippen MR) is 180 cm³/mol. The molecule has 0 bridgehead atoms. The molecule has 12 nitrogen and oxygen atoms in total. The van der Waals surface area contributed by atoms with E-state index < -0.39 is 89.9 Å². The van der Waals surface area contributed by atoms with Crippen LogP contribution in [0.5, 0.6) is 0 Å². The van der Waals surface area contributed by atoms with Gasteiger partial charge >= 0.3 is 6.03 Å². The molecule has 0 unspecified atom stereocenters. The minimum absolute atomic E-state index is 0.0676. The summed E-state index contributed by atoms with van der Waals surface area (Å²) in [7, 11) is -3.37. The van der Waals surface area contributed by atoms with E-state index in [0.29, 0.717) is 45.1 Å². The topological polar surface area (TPSA) is 171 Å². The summed E-state index contributed by atoms with van der Waals surface area (Å²) in [6.07, 6.45) is 6.03. The number of carbonyl (C=O) groups excluding carboxylic acids is 5. The Morgan fingerprint density at radius 1 is 0.957 bits per heavy atom. The van der Waals surface area contributed by atoms with Crippen molar-refractivity contribution in [1.29, 1.82) is 0 Å². The van der Waals surface area contributed by atoms with E-state index in [1.807, 2.05) is 13.8 Å². The molecule has 2 saturated carbocycles. The van der Waals surface area contributed by atoms with E-state index in [2.05, 4.69) is 21.3 Å². The summed E-state index contributed by atoms with van der Waals surface area (Å²) in [5, 5.41) is 10.4. The van der Waals surface area contributed by atoms with Crippen LogP contribution >= 0.6 is 23.2 Å². The van der Waals surface area contributed by atoms with E-state index in [4.69, 9.17) is 23.2 Å². The maximum Gasteiger partial charge on any atom is 0.315 e. The molecule has 266 valence electrons. The molecule has 6 atom stereocenters. The first-order chi connectivity index (χ1) is 21.9. The zero-order valence-electron chi connectivity index (χ0n) is 28.1. The summed E-state index contributed by atoms with van der Waals surface area (Å²) >= 11 is 13.1. The summed E-state index contributed by atoms with van der Waals surface area (Å²) in [5.74, 6) is -3.62. The standard InChI is InChI=1S/C32H51Cl2N5O7S/c1-6-12-20(24(40)27(42)35-16-7-2)36-26(41)23-22-19(32(22,33)34)18-39(23)28(43)25(30(3,4)5)37-29(44)38-31(14-9-8-10-15-31)21-13-11-17-47(21,45)46/h19-23,25H,6-18H2,1-5H3,(H,35,42)(H,36,41)(H2,37,38,44)/t19-,20-,21-,22-,23-,25+/m0/s1. The van der Waals surface area contributed by atoms with Crippen LogP contribution in [0.2, 0.25) is 0 Å². The van der Waals surface area contributed by atoms with Gasteiger partial charge in [-0.3, -0.25) is 19.2 Å². The molecular weight excluding hydrogens is 669 g/mol. The molecule has 2 heterocycles. The monoisotopic (exact) mass is 719 g/mol. The molecule has 0 aromatic rings. The number of nitrogens with zero attached hydrogens (tertiary/aromatic N) is 1. The number of rotatable bonds is 12. The van der Waals surface area contributed by atoms with Gasteiger partial charge < -0.3 is 26.2 Å². The Balaban J connectivity index is 1.55. The van der Waals surface area contributed by atoms with Crippen LogP contribution in [0.25, 0.3) is 0 Å². The van der Waals surface area contributed by atoms with Crippen molar-refractivity contribution < 1.29 is 32.4 Å². The molecule has 47 heavy (non-hydrogen) atoms. The largest absolute Gasteiger partial charge is 0.349 e. The molecule has 4 rings (SSSR count). The maximum atomic E-state index is 14.3. The highest BCUT2D eigenvalue weighted by atomic mass is 35.5. The molecule has 0 spiro atoms. The molecule has 2 aliphatic carbocycles. The van der Waals surface area contributed by atoms with Crippen LogP contribution in [0.15, 0.2) is 0 Å². The van der Waals surface area contributed by atoms with Gasteiger partial charge in [0.15, 0.2) is 9.84 Å². The number of likely N-dealkylation sites (tertiary alicyclic amines) is 1. The molecule has 0 radical (unpaired) electrons. The van der Waals surface area contributed by atoms with E-state index >= 15 is 0 Å². The van der Waals surface area contributed by atoms with Gasteiger partial charge in [-0.1, -0.05) is 60.3 Å². The summed E-state index contributed by atoms with van der Waals surface area (Å²) in [4.78, 5) is 68.7. The zero-order chi connectivity index (χ0) is 34.9. The number of ketones is 1. The van der Waals surface area contributed by atoms with Gasteiger partial charge in [-0.25, -0.2) is 13.2 Å². The van der Waals surface area contributed by atoms with Crippen molar-refractivity contribution >= 4 is 62.6 Å². The second-order valence-electron chi connectivity index (χ2n) is 14.8. The molecule has 4 aliphatic rings. The van der Waals surface area contributed by atoms with Crippen LogP contribution in [0.3, 0.4) is 0 Å². The van der Waals surface area contributed by atoms with Gasteiger partial charge in [0.2, 0.25) is 17.6 Å². The van der Waals surface area contributed by atoms with E-state index in [1.165, 1.54) is 4.90 Å². The zero-order valence-corrected chi connectivity index (χ0v) is 30.5. The average Bonchev–Trinajstić information content (AvgIpc) is 3.30. The molecule has 2 aliphatic heterocycles. The van der Waals surface area contributed by atoms with Gasteiger partial charge in [-0.15, -0.1) is 23.2 Å². The molecule has 5 amide bonds. The number of hydrogen-bond acceptors (Lipinski definition) is 7. The van der Waals surface area contributed by atoms with Crippen LogP contribution in [0.1, 0.15) is 98.8 Å². The highest BCUT2D eigenvalue weighted by Gasteiger charge is 2.74. The fourth-order valence-corrected chi connectivity index (χ4v) is 10.9. The Labute approximate surface area is 288 Å². The van der Waals surface area contributed by atoms with Crippen LogP contribution < -0.4 is 21.3 Å². The van der Waals surface area contributed by atoms with Gasteiger partial charge in [0.1, 0.15) is 16.4 Å². The fraction of sp³-hybridized carbons (Fsp3) is 0.844. The number of nitrogens with one attached hydrogen (secondary N) is 4. The summed E-state index contributed by atoms with van der Waals surface area (Å²) < 4.78 is 24.8. The third-order valence-electron chi connectivity index (χ3n) is 10.3. The molecule has 15 heteroatoms. The number of hydrogen-bond donors (Lipinski definition) is 4. The Bertz CT molecular complexity index is 1350. The number of fused-ring (bicyclic) bond motifs is 1. The third-order valence-corrected chi connectivity index (χ3v) is 13.8. The normalized spacial score (nSPS) is 28.4. The minimum atomic E-state index is -3.37. The first kappa shape index (κ1) is 37.7. The van der Waals surface area contributed by atoms with Crippen molar-refractivity contribution in [3.8, 4) is 0 Å². The van der Waals surface area contributed by atoms with Crippen molar-refractivity contribution in [2.75, 3.05) is 18.8 Å². The predicted octanol–water partition coefficient (Wildman–Crippen LogP) is 2.99. The Kier molecular flexibility index (Phi) is 11.5. The number of carbonyl (C=O) groups is 5. The van der Waals surface area contributed by atoms with Crippen LogP contribution in [0, 0.1) is 17.3 Å². The molecule has 2 saturated heterocycles. The molecule has 0 aromatic carbocycles. The van der Waals surface area contributed by atoms with E-state index in [-0.39, 0.29) is 18.7 Å². The lowest BCUT2D eigenvalue weighted by atomic mass is 9.78. The fourth-order valence-electron chi connectivity index (χ4n) is 7.76. The lowest BCUT2D eigenvalue weighted by molar-refractivity contribution is -0.144. The lowest BCUT2D eigenvalue weighted by Gasteiger charge is -2.43. The molecule has 4 fully saturated rings. The Morgan fingerprint density at radius 3 is 2.17 bits per heavy atom. The van der Waals surface area contributed by atoms with Crippen molar-refractivity contribution in [2.45, 2.75) is 132 Å². The second-order valence-corrected chi connectivity index (χ2v) is 18.6.